The van der Waals surface area contributed by atoms with Gasteiger partial charge >= 0.3 is 0 Å². The van der Waals surface area contributed by atoms with Gasteiger partial charge in [0.2, 0.25) is 0 Å². The maximum Gasteiger partial charge on any atom is 0.0662 e. The summed E-state index contributed by atoms with van der Waals surface area (Å²) in [6.45, 7) is 12.9. The second-order valence-electron chi connectivity index (χ2n) is 11.1. The molecule has 1 atom stereocenters. The van der Waals surface area contributed by atoms with Crippen molar-refractivity contribution < 1.29 is 0 Å². The normalized spacial score (nSPS) is 25.6. The van der Waals surface area contributed by atoms with E-state index in [0.717, 1.165) is 19.4 Å². The van der Waals surface area contributed by atoms with Crippen molar-refractivity contribution in [2.24, 2.45) is 10.9 Å². The molecule has 0 saturated heterocycles. The van der Waals surface area contributed by atoms with Crippen molar-refractivity contribution in [3.05, 3.63) is 58.7 Å². The van der Waals surface area contributed by atoms with Crippen molar-refractivity contribution in [3.8, 4) is 0 Å². The third-order valence-electron chi connectivity index (χ3n) is 8.41. The highest BCUT2D eigenvalue weighted by atomic mass is 15.2. The molecule has 0 spiro atoms. The highest BCUT2D eigenvalue weighted by Gasteiger charge is 2.48. The van der Waals surface area contributed by atoms with Gasteiger partial charge in [-0.25, -0.2) is 0 Å². The number of anilines is 1. The fourth-order valence-corrected chi connectivity index (χ4v) is 6.79. The molecule has 5 rings (SSSR count). The molecule has 0 bridgehead atoms. The number of aryl methyl sites for hydroxylation is 1. The maximum atomic E-state index is 5.21. The molecule has 1 unspecified atom stereocenters. The predicted octanol–water partition coefficient (Wildman–Crippen LogP) is 7.63. The van der Waals surface area contributed by atoms with E-state index in [1.54, 1.807) is 0 Å². The average Bonchev–Trinajstić information content (AvgIpc) is 2.75. The van der Waals surface area contributed by atoms with Crippen molar-refractivity contribution in [2.75, 3.05) is 11.4 Å². The van der Waals surface area contributed by atoms with Crippen LogP contribution in [0.5, 0.6) is 0 Å². The van der Waals surface area contributed by atoms with Gasteiger partial charge in [0.05, 0.1) is 11.2 Å². The van der Waals surface area contributed by atoms with E-state index >= 15 is 0 Å². The number of rotatable bonds is 2. The Morgan fingerprint density at radius 2 is 1.74 bits per heavy atom. The average molecular weight is 415 g/mol. The van der Waals surface area contributed by atoms with E-state index in [4.69, 9.17) is 4.99 Å². The van der Waals surface area contributed by atoms with Crippen LogP contribution in [0.15, 0.2) is 41.4 Å². The first-order valence-electron chi connectivity index (χ1n) is 12.4. The summed E-state index contributed by atoms with van der Waals surface area (Å²) in [6.07, 6.45) is 9.02. The summed E-state index contributed by atoms with van der Waals surface area (Å²) >= 11 is 0. The highest BCUT2D eigenvalue weighted by Crippen LogP contribution is 2.54. The van der Waals surface area contributed by atoms with E-state index < -0.39 is 0 Å². The van der Waals surface area contributed by atoms with Crippen molar-refractivity contribution in [1.29, 1.82) is 0 Å². The molecule has 0 radical (unpaired) electrons. The lowest BCUT2D eigenvalue weighted by atomic mass is 9.65. The first-order valence-corrected chi connectivity index (χ1v) is 12.4. The minimum Gasteiger partial charge on any atom is -0.361 e. The van der Waals surface area contributed by atoms with E-state index in [1.807, 2.05) is 0 Å². The fourth-order valence-electron chi connectivity index (χ4n) is 6.79. The molecule has 0 aromatic heterocycles. The van der Waals surface area contributed by atoms with Gasteiger partial charge in [0, 0.05) is 17.9 Å². The van der Waals surface area contributed by atoms with Crippen molar-refractivity contribution in [2.45, 2.75) is 90.5 Å². The number of hydrogen-bond donors (Lipinski definition) is 0. The lowest BCUT2D eigenvalue weighted by Crippen LogP contribution is -2.55. The summed E-state index contributed by atoms with van der Waals surface area (Å²) in [6, 6.07) is 14.0. The molecule has 164 valence electrons. The van der Waals surface area contributed by atoms with Gasteiger partial charge in [-0.3, -0.25) is 4.99 Å². The van der Waals surface area contributed by atoms with E-state index in [2.05, 4.69) is 75.9 Å². The number of fused-ring (bicyclic) bond motifs is 5. The first kappa shape index (κ1) is 20.8. The van der Waals surface area contributed by atoms with Gasteiger partial charge in [-0.1, -0.05) is 57.4 Å². The topological polar surface area (TPSA) is 15.6 Å². The van der Waals surface area contributed by atoms with E-state index in [9.17, 15) is 0 Å². The standard InChI is InChI=1S/C29H38N2/c1-20-17-27-25(18-26(20)30-21(2)22-11-7-6-8-12-22)28(3,4)19-29(5)24-14-10-9-13-23(24)15-16-31(27)29/h9-10,13-14,17-18,22H,6-8,11-12,15-16,19H2,1-5H3/b30-21+. The number of nitrogens with zero attached hydrogens (tertiary/aromatic N) is 2. The van der Waals surface area contributed by atoms with Gasteiger partial charge in [-0.05, 0) is 92.2 Å². The van der Waals surface area contributed by atoms with Crippen molar-refractivity contribution in [1.82, 2.24) is 0 Å². The summed E-state index contributed by atoms with van der Waals surface area (Å²) in [5, 5.41) is 0. The fraction of sp³-hybridized carbons (Fsp3) is 0.552. The molecule has 2 aromatic carbocycles. The van der Waals surface area contributed by atoms with Gasteiger partial charge in [0.1, 0.15) is 0 Å². The third kappa shape index (κ3) is 3.43. The Bertz CT molecular complexity index is 1030. The van der Waals surface area contributed by atoms with E-state index in [-0.39, 0.29) is 11.0 Å². The Morgan fingerprint density at radius 1 is 1.00 bits per heavy atom. The molecule has 3 aliphatic rings. The molecule has 1 fully saturated rings. The maximum absolute atomic E-state index is 5.21. The van der Waals surface area contributed by atoms with Gasteiger partial charge in [0.15, 0.2) is 0 Å². The van der Waals surface area contributed by atoms with Crippen LogP contribution >= 0.6 is 0 Å². The Hall–Kier alpha value is -2.09. The van der Waals surface area contributed by atoms with Crippen LogP contribution in [0.2, 0.25) is 0 Å². The smallest absolute Gasteiger partial charge is 0.0662 e. The summed E-state index contributed by atoms with van der Waals surface area (Å²) in [5.74, 6) is 0.680. The molecule has 0 N–H and O–H groups in total. The zero-order chi connectivity index (χ0) is 21.8. The van der Waals surface area contributed by atoms with Crippen molar-refractivity contribution >= 4 is 17.1 Å². The largest absolute Gasteiger partial charge is 0.361 e. The van der Waals surface area contributed by atoms with Crippen molar-refractivity contribution in [3.63, 3.8) is 0 Å². The SMILES string of the molecule is C/C(=N\c1cc2c(cc1C)N1CCc3ccccc3C1(C)CC2(C)C)C1CCCCC1. The highest BCUT2D eigenvalue weighted by molar-refractivity contribution is 5.87. The second-order valence-corrected chi connectivity index (χ2v) is 11.1. The first-order chi connectivity index (χ1) is 14.8. The number of hydrogen-bond acceptors (Lipinski definition) is 2. The van der Waals surface area contributed by atoms with Crippen LogP contribution in [0.25, 0.3) is 0 Å². The minimum absolute atomic E-state index is 0.0561. The Balaban J connectivity index is 1.58. The molecule has 1 aliphatic carbocycles. The molecule has 2 aromatic rings. The lowest BCUT2D eigenvalue weighted by Gasteiger charge is -2.56. The summed E-state index contributed by atoms with van der Waals surface area (Å²) < 4.78 is 0. The number of benzene rings is 2. The van der Waals surface area contributed by atoms with Crippen LogP contribution in [-0.2, 0) is 17.4 Å². The molecule has 1 saturated carbocycles. The van der Waals surface area contributed by atoms with Gasteiger partial charge in [-0.2, -0.15) is 0 Å². The summed E-state index contributed by atoms with van der Waals surface area (Å²) in [4.78, 5) is 7.91. The molecular formula is C29H38N2. The molecule has 2 aliphatic heterocycles. The lowest BCUT2D eigenvalue weighted by molar-refractivity contribution is 0.279. The molecule has 2 nitrogen and oxygen atoms in total. The van der Waals surface area contributed by atoms with Crippen LogP contribution in [0, 0.1) is 12.8 Å². The molecule has 2 heterocycles. The van der Waals surface area contributed by atoms with Crippen LogP contribution in [0.1, 0.15) is 88.5 Å². The quantitative estimate of drug-likeness (QED) is 0.461. The van der Waals surface area contributed by atoms with Crippen LogP contribution < -0.4 is 4.90 Å². The molecule has 31 heavy (non-hydrogen) atoms. The van der Waals surface area contributed by atoms with E-state index in [0.29, 0.717) is 5.92 Å². The molecule has 2 heteroatoms. The Morgan fingerprint density at radius 3 is 2.52 bits per heavy atom. The van der Waals surface area contributed by atoms with Crippen LogP contribution in [-0.4, -0.2) is 12.3 Å². The zero-order valence-corrected chi connectivity index (χ0v) is 20.1. The van der Waals surface area contributed by atoms with Crippen LogP contribution in [0.3, 0.4) is 0 Å². The van der Waals surface area contributed by atoms with Gasteiger partial charge in [-0.15, -0.1) is 0 Å². The second kappa shape index (κ2) is 7.50. The summed E-state index contributed by atoms with van der Waals surface area (Å²) in [5.41, 5.74) is 9.97. The summed E-state index contributed by atoms with van der Waals surface area (Å²) in [7, 11) is 0. The van der Waals surface area contributed by atoms with Gasteiger partial charge in [0.25, 0.3) is 0 Å². The van der Waals surface area contributed by atoms with Gasteiger partial charge < -0.3 is 4.90 Å². The Kier molecular flexibility index (Phi) is 5.03. The van der Waals surface area contributed by atoms with E-state index in [1.165, 1.54) is 71.4 Å². The minimum atomic E-state index is 0.0561. The number of aliphatic imine (C=N–C) groups is 1. The monoisotopic (exact) mass is 414 g/mol. The van der Waals surface area contributed by atoms with Crippen LogP contribution in [0.4, 0.5) is 11.4 Å². The molecular weight excluding hydrogens is 376 g/mol. The zero-order valence-electron chi connectivity index (χ0n) is 20.1. The predicted molar refractivity (Wildman–Crippen MR) is 133 cm³/mol. The Labute approximate surface area is 188 Å². The third-order valence-corrected chi connectivity index (χ3v) is 8.41. The molecule has 0 amide bonds.